The predicted molar refractivity (Wildman–Crippen MR) is 124 cm³/mol. The Labute approximate surface area is 188 Å². The van der Waals surface area contributed by atoms with Crippen molar-refractivity contribution < 1.29 is 8.78 Å². The van der Waals surface area contributed by atoms with Gasteiger partial charge in [0, 0.05) is 41.6 Å². The molecule has 0 saturated heterocycles. The summed E-state index contributed by atoms with van der Waals surface area (Å²) in [6, 6.07) is 21.5. The summed E-state index contributed by atoms with van der Waals surface area (Å²) in [6.45, 7) is 1.92. The molecule has 0 aliphatic heterocycles. The molecule has 5 nitrogen and oxygen atoms in total. The number of aryl methyl sites for hydroxylation is 1. The molecule has 1 saturated carbocycles. The Morgan fingerprint density at radius 1 is 0.939 bits per heavy atom. The van der Waals surface area contributed by atoms with Gasteiger partial charge in [0.2, 0.25) is 0 Å². The second-order valence-electron chi connectivity index (χ2n) is 8.92. The Morgan fingerprint density at radius 3 is 2.36 bits per heavy atom. The van der Waals surface area contributed by atoms with Gasteiger partial charge in [-0.3, -0.25) is 0 Å². The number of aromatic nitrogens is 4. The lowest BCUT2D eigenvalue weighted by molar-refractivity contribution is -0.125. The lowest BCUT2D eigenvalue weighted by atomic mass is 9.70. The van der Waals surface area contributed by atoms with Crippen LogP contribution >= 0.6 is 0 Å². The van der Waals surface area contributed by atoms with E-state index in [1.807, 2.05) is 73.8 Å². The minimum absolute atomic E-state index is 0.327. The van der Waals surface area contributed by atoms with Crippen molar-refractivity contribution in [2.45, 2.75) is 31.2 Å². The van der Waals surface area contributed by atoms with E-state index in [-0.39, 0.29) is 12.8 Å². The van der Waals surface area contributed by atoms with E-state index in [2.05, 4.69) is 16.1 Å². The molecule has 1 fully saturated rings. The second-order valence-corrected chi connectivity index (χ2v) is 8.92. The molecule has 164 valence electrons. The van der Waals surface area contributed by atoms with Crippen molar-refractivity contribution in [3.05, 3.63) is 84.2 Å². The Kier molecular flexibility index (Phi) is 4.16. The first-order valence-corrected chi connectivity index (χ1v) is 10.8. The van der Waals surface area contributed by atoms with Crippen molar-refractivity contribution in [3.8, 4) is 22.4 Å². The summed E-state index contributed by atoms with van der Waals surface area (Å²) >= 11 is 0. The summed E-state index contributed by atoms with van der Waals surface area (Å²) in [5.41, 5.74) is 11.9. The number of benzene rings is 2. The number of alkyl halides is 2. The summed E-state index contributed by atoms with van der Waals surface area (Å²) < 4.78 is 28.7. The van der Waals surface area contributed by atoms with E-state index in [9.17, 15) is 8.78 Å². The molecule has 0 bridgehead atoms. The largest absolute Gasteiger partial charge is 0.321 e. The quantitative estimate of drug-likeness (QED) is 0.401. The van der Waals surface area contributed by atoms with Gasteiger partial charge in [0.1, 0.15) is 0 Å². The van der Waals surface area contributed by atoms with Gasteiger partial charge < -0.3 is 5.73 Å². The summed E-state index contributed by atoms with van der Waals surface area (Å²) in [5, 5.41) is 5.44. The van der Waals surface area contributed by atoms with E-state index < -0.39 is 11.5 Å². The van der Waals surface area contributed by atoms with Gasteiger partial charge in [0.25, 0.3) is 5.92 Å². The van der Waals surface area contributed by atoms with Crippen LogP contribution in [0.4, 0.5) is 8.78 Å². The van der Waals surface area contributed by atoms with Gasteiger partial charge in [-0.1, -0.05) is 54.6 Å². The Bertz CT molecular complexity index is 1500. The predicted octanol–water partition coefficient (Wildman–Crippen LogP) is 5.50. The number of nitrogens with two attached hydrogens (primary N) is 1. The lowest BCUT2D eigenvalue weighted by Gasteiger charge is -2.44. The molecule has 0 unspecified atom stereocenters. The molecule has 0 amide bonds. The maximum absolute atomic E-state index is 13.5. The number of rotatable bonds is 3. The fourth-order valence-corrected chi connectivity index (χ4v) is 4.75. The zero-order chi connectivity index (χ0) is 22.8. The first-order valence-electron chi connectivity index (χ1n) is 10.8. The molecule has 2 N–H and O–H groups in total. The number of nitrogens with zero attached hydrogens (tertiary/aromatic N) is 4. The van der Waals surface area contributed by atoms with Crippen molar-refractivity contribution in [2.24, 2.45) is 5.73 Å². The molecule has 7 heteroatoms. The minimum Gasteiger partial charge on any atom is -0.321 e. The van der Waals surface area contributed by atoms with E-state index in [0.717, 1.165) is 39.1 Å². The molecule has 5 aromatic rings. The summed E-state index contributed by atoms with van der Waals surface area (Å²) in [4.78, 5) is 9.54. The van der Waals surface area contributed by atoms with Crippen LogP contribution in [0.5, 0.6) is 0 Å². The van der Waals surface area contributed by atoms with Gasteiger partial charge in [0.15, 0.2) is 11.3 Å². The average Bonchev–Trinajstić information content (AvgIpc) is 3.18. The van der Waals surface area contributed by atoms with E-state index in [4.69, 9.17) is 10.7 Å². The van der Waals surface area contributed by atoms with Crippen molar-refractivity contribution >= 4 is 16.7 Å². The molecule has 33 heavy (non-hydrogen) atoms. The average molecular weight is 441 g/mol. The van der Waals surface area contributed by atoms with E-state index in [0.29, 0.717) is 11.2 Å². The molecule has 3 heterocycles. The van der Waals surface area contributed by atoms with Crippen LogP contribution in [0.15, 0.2) is 72.9 Å². The van der Waals surface area contributed by atoms with E-state index >= 15 is 0 Å². The topological polar surface area (TPSA) is 69.1 Å². The Hall–Kier alpha value is -3.71. The highest BCUT2D eigenvalue weighted by atomic mass is 19.3. The van der Waals surface area contributed by atoms with Gasteiger partial charge in [-0.15, -0.1) is 0 Å². The summed E-state index contributed by atoms with van der Waals surface area (Å²) in [5.74, 6) is -2.69. The van der Waals surface area contributed by atoms with E-state index in [1.165, 1.54) is 0 Å². The molecule has 0 atom stereocenters. The van der Waals surface area contributed by atoms with Crippen LogP contribution in [0.2, 0.25) is 0 Å². The fourth-order valence-electron chi connectivity index (χ4n) is 4.75. The van der Waals surface area contributed by atoms with Gasteiger partial charge in [0.05, 0.1) is 16.9 Å². The van der Waals surface area contributed by atoms with Crippen LogP contribution in [-0.4, -0.2) is 25.5 Å². The Balaban J connectivity index is 1.53. The van der Waals surface area contributed by atoms with Gasteiger partial charge >= 0.3 is 0 Å². The smallest absolute Gasteiger partial charge is 0.252 e. The zero-order valence-corrected chi connectivity index (χ0v) is 18.0. The third-order valence-corrected chi connectivity index (χ3v) is 6.35. The minimum atomic E-state index is -2.69. The Morgan fingerprint density at radius 2 is 1.67 bits per heavy atom. The third kappa shape index (κ3) is 3.27. The number of halogens is 2. The van der Waals surface area contributed by atoms with Crippen LogP contribution in [0.3, 0.4) is 0 Å². The number of hydrogen-bond donors (Lipinski definition) is 1. The van der Waals surface area contributed by atoms with Crippen molar-refractivity contribution in [2.75, 3.05) is 0 Å². The first kappa shape index (κ1) is 19.9. The van der Waals surface area contributed by atoms with Crippen LogP contribution in [-0.2, 0) is 5.54 Å². The summed E-state index contributed by atoms with van der Waals surface area (Å²) in [6.07, 6.45) is 1.16. The maximum atomic E-state index is 13.5. The second kappa shape index (κ2) is 6.89. The van der Waals surface area contributed by atoms with Gasteiger partial charge in [-0.25, -0.2) is 18.7 Å². The standard InChI is InChI=1S/C26H21F2N5/c1-16-11-22-30-13-19-12-21(17-5-3-2-4-6-17)23(31-24(19)33(22)32-16)18-7-9-20(10-8-18)25(29)14-26(27,28)15-25/h2-13H,14-15,29H2,1H3. The molecule has 1 aliphatic carbocycles. The van der Waals surface area contributed by atoms with Crippen LogP contribution in [0.25, 0.3) is 39.1 Å². The molecule has 2 aromatic carbocycles. The molecule has 0 radical (unpaired) electrons. The lowest BCUT2D eigenvalue weighted by Crippen LogP contribution is -2.55. The molecule has 6 rings (SSSR count). The normalized spacial score (nSPS) is 16.7. The van der Waals surface area contributed by atoms with Crippen LogP contribution in [0.1, 0.15) is 24.1 Å². The molecule has 0 spiro atoms. The SMILES string of the molecule is Cc1cc2ncc3cc(-c4ccccc4)c(-c4ccc(C5(N)CC(F)(F)C5)cc4)nc3n2n1. The highest BCUT2D eigenvalue weighted by molar-refractivity contribution is 5.90. The van der Waals surface area contributed by atoms with Crippen molar-refractivity contribution in [1.82, 2.24) is 19.6 Å². The summed E-state index contributed by atoms with van der Waals surface area (Å²) in [7, 11) is 0. The number of hydrogen-bond acceptors (Lipinski definition) is 4. The van der Waals surface area contributed by atoms with Crippen LogP contribution < -0.4 is 5.73 Å². The monoisotopic (exact) mass is 441 g/mol. The number of fused-ring (bicyclic) bond motifs is 3. The first-order chi connectivity index (χ1) is 15.8. The van der Waals surface area contributed by atoms with E-state index in [1.54, 1.807) is 4.52 Å². The highest BCUT2D eigenvalue weighted by Gasteiger charge is 2.55. The van der Waals surface area contributed by atoms with Gasteiger partial charge in [-0.2, -0.15) is 9.61 Å². The number of pyridine rings is 1. The maximum Gasteiger partial charge on any atom is 0.252 e. The fraction of sp³-hybridized carbons (Fsp3) is 0.192. The molecular weight excluding hydrogens is 420 g/mol. The molecule has 3 aromatic heterocycles. The van der Waals surface area contributed by atoms with Crippen molar-refractivity contribution in [1.29, 1.82) is 0 Å². The van der Waals surface area contributed by atoms with Crippen molar-refractivity contribution in [3.63, 3.8) is 0 Å². The third-order valence-electron chi connectivity index (χ3n) is 6.35. The van der Waals surface area contributed by atoms with Crippen LogP contribution in [0, 0.1) is 6.92 Å². The molecular formula is C26H21F2N5. The molecule has 1 aliphatic rings. The van der Waals surface area contributed by atoms with Gasteiger partial charge in [-0.05, 0) is 24.1 Å². The zero-order valence-electron chi connectivity index (χ0n) is 18.0. The highest BCUT2D eigenvalue weighted by Crippen LogP contribution is 2.50.